The van der Waals surface area contributed by atoms with Gasteiger partial charge in [-0.1, -0.05) is 54.6 Å². The lowest BCUT2D eigenvalue weighted by Gasteiger charge is -2.33. The molecule has 1 saturated heterocycles. The maximum Gasteiger partial charge on any atom is 0.241 e. The van der Waals surface area contributed by atoms with E-state index in [9.17, 15) is 8.42 Å². The topological polar surface area (TPSA) is 59.8 Å². The molecule has 1 aliphatic carbocycles. The molecule has 0 radical (unpaired) electrons. The van der Waals surface area contributed by atoms with Gasteiger partial charge in [0.05, 0.1) is 18.1 Å². The lowest BCUT2D eigenvalue weighted by molar-refractivity contribution is -0.940. The van der Waals surface area contributed by atoms with Crippen molar-refractivity contribution in [2.45, 2.75) is 17.0 Å². The molecule has 5 nitrogen and oxygen atoms in total. The van der Waals surface area contributed by atoms with Crippen LogP contribution in [0.25, 0.3) is 10.8 Å². The van der Waals surface area contributed by atoms with E-state index in [-0.39, 0.29) is 12.1 Å². The molecule has 1 aliphatic heterocycles. The quantitative estimate of drug-likeness (QED) is 0.709. The van der Waals surface area contributed by atoms with Crippen molar-refractivity contribution >= 4 is 20.8 Å². The number of benzene rings is 3. The fraction of sp³-hybridized carbons (Fsp3) is 0.273. The molecule has 2 N–H and O–H groups in total. The Bertz CT molecular complexity index is 1100. The minimum Gasteiger partial charge on any atom is -0.370 e. The van der Waals surface area contributed by atoms with E-state index in [2.05, 4.69) is 35.1 Å². The Hall–Kier alpha value is -2.25. The van der Waals surface area contributed by atoms with Crippen LogP contribution in [0.1, 0.15) is 23.2 Å². The van der Waals surface area contributed by atoms with Crippen LogP contribution in [0.2, 0.25) is 0 Å². The molecular formula is C22H23N2O3S+. The molecular weight excluding hydrogens is 372 g/mol. The average molecular weight is 396 g/mol. The van der Waals surface area contributed by atoms with Crippen LogP contribution in [0.4, 0.5) is 0 Å². The summed E-state index contributed by atoms with van der Waals surface area (Å²) in [6.45, 7) is 3.16. The minimum absolute atomic E-state index is 0.0449. The maximum absolute atomic E-state index is 13.1. The smallest absolute Gasteiger partial charge is 0.241 e. The third-order valence-electron chi connectivity index (χ3n) is 5.88. The molecule has 2 atom stereocenters. The summed E-state index contributed by atoms with van der Waals surface area (Å²) in [7, 11) is -3.62. The number of rotatable bonds is 4. The number of hydrogen-bond acceptors (Lipinski definition) is 3. The molecule has 2 aliphatic rings. The van der Waals surface area contributed by atoms with Gasteiger partial charge in [-0.3, -0.25) is 0 Å². The van der Waals surface area contributed by atoms with Crippen LogP contribution in [0.3, 0.4) is 0 Å². The van der Waals surface area contributed by atoms with E-state index < -0.39 is 10.0 Å². The second kappa shape index (κ2) is 6.97. The number of nitrogens with one attached hydrogen (secondary N) is 2. The number of ether oxygens (including phenoxy) is 1. The molecule has 5 rings (SSSR count). The lowest BCUT2D eigenvalue weighted by Crippen LogP contribution is -3.14. The molecule has 28 heavy (non-hydrogen) atoms. The van der Waals surface area contributed by atoms with Crippen molar-refractivity contribution in [3.8, 4) is 0 Å². The van der Waals surface area contributed by atoms with Gasteiger partial charge >= 0.3 is 0 Å². The third kappa shape index (κ3) is 2.93. The highest BCUT2D eigenvalue weighted by molar-refractivity contribution is 7.89. The van der Waals surface area contributed by atoms with Crippen molar-refractivity contribution in [2.75, 3.05) is 26.3 Å². The molecule has 0 amide bonds. The van der Waals surface area contributed by atoms with Gasteiger partial charge in [0.1, 0.15) is 25.2 Å². The summed E-state index contributed by atoms with van der Waals surface area (Å²) in [5.74, 6) is 0. The zero-order valence-electron chi connectivity index (χ0n) is 15.5. The Balaban J connectivity index is 1.61. The molecule has 144 valence electrons. The molecule has 0 aromatic heterocycles. The Labute approximate surface area is 165 Å². The SMILES string of the molecule is O=S(=O)(N[C@@H]1c2cccc3cccc(c23)[C@H]1[NH+]1CCOCC1)c1ccccc1. The average Bonchev–Trinajstić information content (AvgIpc) is 3.04. The molecule has 0 bridgehead atoms. The molecule has 0 unspecified atom stereocenters. The summed E-state index contributed by atoms with van der Waals surface area (Å²) in [6, 6.07) is 20.9. The predicted octanol–water partition coefficient (Wildman–Crippen LogP) is 1.83. The van der Waals surface area contributed by atoms with Gasteiger partial charge in [-0.15, -0.1) is 0 Å². The van der Waals surface area contributed by atoms with E-state index in [1.165, 1.54) is 15.8 Å². The molecule has 1 fully saturated rings. The highest BCUT2D eigenvalue weighted by Crippen LogP contribution is 2.43. The van der Waals surface area contributed by atoms with Crippen LogP contribution in [0, 0.1) is 0 Å². The first-order valence-corrected chi connectivity index (χ1v) is 11.1. The number of hydrogen-bond donors (Lipinski definition) is 2. The van der Waals surface area contributed by atoms with E-state index in [1.807, 2.05) is 12.1 Å². The van der Waals surface area contributed by atoms with Gasteiger partial charge in [-0.25, -0.2) is 8.42 Å². The Morgan fingerprint density at radius 3 is 2.25 bits per heavy atom. The highest BCUT2D eigenvalue weighted by Gasteiger charge is 2.43. The summed E-state index contributed by atoms with van der Waals surface area (Å²) in [5, 5.41) is 2.35. The number of sulfonamides is 1. The predicted molar refractivity (Wildman–Crippen MR) is 108 cm³/mol. The fourth-order valence-electron chi connectivity index (χ4n) is 4.64. The molecule has 0 spiro atoms. The second-order valence-electron chi connectivity index (χ2n) is 7.45. The maximum atomic E-state index is 13.1. The van der Waals surface area contributed by atoms with Crippen molar-refractivity contribution in [2.24, 2.45) is 0 Å². The summed E-state index contributed by atoms with van der Waals surface area (Å²) >= 11 is 0. The van der Waals surface area contributed by atoms with E-state index in [0.29, 0.717) is 18.1 Å². The van der Waals surface area contributed by atoms with E-state index in [1.54, 1.807) is 24.3 Å². The summed E-state index contributed by atoms with van der Waals surface area (Å²) in [6.07, 6.45) is 0. The zero-order chi connectivity index (χ0) is 19.1. The van der Waals surface area contributed by atoms with E-state index in [4.69, 9.17) is 4.74 Å². The molecule has 6 heteroatoms. The van der Waals surface area contributed by atoms with Gasteiger partial charge in [0.15, 0.2) is 0 Å². The van der Waals surface area contributed by atoms with Crippen molar-refractivity contribution in [3.63, 3.8) is 0 Å². The van der Waals surface area contributed by atoms with Gasteiger partial charge in [0, 0.05) is 5.56 Å². The normalized spacial score (nSPS) is 22.6. The van der Waals surface area contributed by atoms with Crippen LogP contribution in [0.15, 0.2) is 71.6 Å². The van der Waals surface area contributed by atoms with Gasteiger partial charge in [-0.2, -0.15) is 4.72 Å². The standard InChI is InChI=1S/C22H22N2O3S/c25-28(26,17-8-2-1-3-9-17)23-21-18-10-4-6-16-7-5-11-19(20(16)18)22(21)24-12-14-27-15-13-24/h1-11,21-23H,12-15H2/p+1/t21-,22-/m1/s1. The van der Waals surface area contributed by atoms with Crippen molar-refractivity contribution in [1.82, 2.24) is 4.72 Å². The summed E-state index contributed by atoms with van der Waals surface area (Å²) in [4.78, 5) is 1.67. The highest BCUT2D eigenvalue weighted by atomic mass is 32.2. The van der Waals surface area contributed by atoms with Crippen molar-refractivity contribution < 1.29 is 18.1 Å². The number of morpholine rings is 1. The Morgan fingerprint density at radius 1 is 0.857 bits per heavy atom. The van der Waals surface area contributed by atoms with Gasteiger partial charge in [0.25, 0.3) is 0 Å². The number of quaternary nitrogens is 1. The van der Waals surface area contributed by atoms with Crippen LogP contribution < -0.4 is 9.62 Å². The molecule has 3 aromatic carbocycles. The minimum atomic E-state index is -3.62. The molecule has 1 heterocycles. The van der Waals surface area contributed by atoms with Gasteiger partial charge < -0.3 is 9.64 Å². The van der Waals surface area contributed by atoms with E-state index >= 15 is 0 Å². The zero-order valence-corrected chi connectivity index (χ0v) is 16.3. The molecule has 0 saturated carbocycles. The first-order chi connectivity index (χ1) is 13.6. The Kier molecular flexibility index (Phi) is 4.44. The second-order valence-corrected chi connectivity index (χ2v) is 9.17. The van der Waals surface area contributed by atoms with Crippen LogP contribution in [-0.4, -0.2) is 34.7 Å². The lowest BCUT2D eigenvalue weighted by atomic mass is 10.0. The van der Waals surface area contributed by atoms with Crippen LogP contribution in [0.5, 0.6) is 0 Å². The van der Waals surface area contributed by atoms with Crippen LogP contribution >= 0.6 is 0 Å². The van der Waals surface area contributed by atoms with E-state index in [0.717, 1.165) is 24.0 Å². The van der Waals surface area contributed by atoms with Gasteiger partial charge in [-0.05, 0) is 28.5 Å². The van der Waals surface area contributed by atoms with Crippen LogP contribution in [-0.2, 0) is 14.8 Å². The fourth-order valence-corrected chi connectivity index (χ4v) is 5.89. The van der Waals surface area contributed by atoms with Gasteiger partial charge in [0.2, 0.25) is 10.0 Å². The van der Waals surface area contributed by atoms with Crippen molar-refractivity contribution in [1.29, 1.82) is 0 Å². The van der Waals surface area contributed by atoms with Crippen molar-refractivity contribution in [3.05, 3.63) is 77.9 Å². The first-order valence-electron chi connectivity index (χ1n) is 9.66. The summed E-state index contributed by atoms with van der Waals surface area (Å²) in [5.41, 5.74) is 2.29. The monoisotopic (exact) mass is 395 g/mol. The summed E-state index contributed by atoms with van der Waals surface area (Å²) < 4.78 is 34.9. The largest absolute Gasteiger partial charge is 0.370 e. The first kappa shape index (κ1) is 17.8. The Morgan fingerprint density at radius 2 is 1.54 bits per heavy atom. The molecule has 3 aromatic rings. The third-order valence-corrected chi connectivity index (χ3v) is 7.34.